The van der Waals surface area contributed by atoms with Crippen molar-refractivity contribution in [3.63, 3.8) is 0 Å². The molecule has 1 aromatic rings. The van der Waals surface area contributed by atoms with Gasteiger partial charge in [-0.05, 0) is 30.5 Å². The lowest BCUT2D eigenvalue weighted by Crippen LogP contribution is -1.86. The molecule has 2 rings (SSSR count). The molecule has 0 radical (unpaired) electrons. The van der Waals surface area contributed by atoms with E-state index in [-0.39, 0.29) is 0 Å². The first kappa shape index (κ1) is 10.4. The first-order valence-electron chi connectivity index (χ1n) is 5.35. The molecule has 0 saturated heterocycles. The molecule has 0 aliphatic heterocycles. The normalized spacial score (nSPS) is 14.8. The quantitative estimate of drug-likeness (QED) is 0.686. The molecule has 1 nitrogen and oxygen atoms in total. The molecule has 0 heterocycles. The maximum absolute atomic E-state index is 9.05. The monoisotopic (exact) mass is 207 g/mol. The van der Waals surface area contributed by atoms with Crippen LogP contribution in [0, 0.1) is 11.3 Å². The van der Waals surface area contributed by atoms with E-state index in [4.69, 9.17) is 5.26 Å². The average molecular weight is 207 g/mol. The molecule has 0 atom stereocenters. The third-order valence-electron chi connectivity index (χ3n) is 2.64. The second kappa shape index (κ2) is 4.63. The van der Waals surface area contributed by atoms with E-state index in [1.807, 2.05) is 24.3 Å². The number of hydrogen-bond acceptors (Lipinski definition) is 1. The van der Waals surface area contributed by atoms with Gasteiger partial charge >= 0.3 is 0 Å². The molecule has 78 valence electrons. The lowest BCUT2D eigenvalue weighted by molar-refractivity contribution is 1.22. The standard InChI is InChI=1S/C15H13N/c1-12-5-4-7-13(10-9-12)15-8-3-2-6-14(15)11-16/h2-4,6-10H,5H2,1H3. The fourth-order valence-electron chi connectivity index (χ4n) is 1.74. The summed E-state index contributed by atoms with van der Waals surface area (Å²) in [6.45, 7) is 2.11. The summed E-state index contributed by atoms with van der Waals surface area (Å²) in [5, 5.41) is 9.05. The number of allylic oxidation sites excluding steroid dienone is 6. The van der Waals surface area contributed by atoms with E-state index in [1.54, 1.807) is 0 Å². The van der Waals surface area contributed by atoms with Crippen molar-refractivity contribution in [3.8, 4) is 6.07 Å². The van der Waals surface area contributed by atoms with Crippen LogP contribution in [0.1, 0.15) is 24.5 Å². The van der Waals surface area contributed by atoms with E-state index in [9.17, 15) is 0 Å². The Kier molecular flexibility index (Phi) is 3.03. The maximum Gasteiger partial charge on any atom is 0.0998 e. The van der Waals surface area contributed by atoms with E-state index in [0.717, 1.165) is 23.1 Å². The van der Waals surface area contributed by atoms with Crippen molar-refractivity contribution in [1.29, 1.82) is 5.26 Å². The molecule has 0 fully saturated rings. The van der Waals surface area contributed by atoms with Gasteiger partial charge in [0, 0.05) is 0 Å². The molecular formula is C15H13N. The van der Waals surface area contributed by atoms with Crippen LogP contribution in [0.3, 0.4) is 0 Å². The van der Waals surface area contributed by atoms with Gasteiger partial charge in [0.1, 0.15) is 0 Å². The zero-order chi connectivity index (χ0) is 11.4. The van der Waals surface area contributed by atoms with Crippen molar-refractivity contribution < 1.29 is 0 Å². The Balaban J connectivity index is 2.49. The van der Waals surface area contributed by atoms with Gasteiger partial charge in [-0.2, -0.15) is 5.26 Å². The van der Waals surface area contributed by atoms with Crippen LogP contribution in [0.25, 0.3) is 5.57 Å². The summed E-state index contributed by atoms with van der Waals surface area (Å²) < 4.78 is 0. The van der Waals surface area contributed by atoms with E-state index in [2.05, 4.69) is 37.3 Å². The van der Waals surface area contributed by atoms with E-state index >= 15 is 0 Å². The second-order valence-corrected chi connectivity index (χ2v) is 3.90. The fraction of sp³-hybridized carbons (Fsp3) is 0.133. The summed E-state index contributed by atoms with van der Waals surface area (Å²) in [4.78, 5) is 0. The molecule has 0 unspecified atom stereocenters. The van der Waals surface area contributed by atoms with Crippen LogP contribution in [-0.4, -0.2) is 0 Å². The van der Waals surface area contributed by atoms with Crippen LogP contribution in [0.15, 0.2) is 54.1 Å². The summed E-state index contributed by atoms with van der Waals surface area (Å²) >= 11 is 0. The zero-order valence-corrected chi connectivity index (χ0v) is 9.27. The minimum absolute atomic E-state index is 0.728. The Morgan fingerprint density at radius 3 is 2.81 bits per heavy atom. The summed E-state index contributed by atoms with van der Waals surface area (Å²) in [5.74, 6) is 0. The van der Waals surface area contributed by atoms with E-state index < -0.39 is 0 Å². The number of rotatable bonds is 1. The zero-order valence-electron chi connectivity index (χ0n) is 9.27. The van der Waals surface area contributed by atoms with Gasteiger partial charge in [0.15, 0.2) is 0 Å². The molecular weight excluding hydrogens is 194 g/mol. The summed E-state index contributed by atoms with van der Waals surface area (Å²) in [7, 11) is 0. The minimum Gasteiger partial charge on any atom is -0.192 e. The van der Waals surface area contributed by atoms with Gasteiger partial charge in [-0.3, -0.25) is 0 Å². The Labute approximate surface area is 96.0 Å². The van der Waals surface area contributed by atoms with Crippen molar-refractivity contribution in [1.82, 2.24) is 0 Å². The van der Waals surface area contributed by atoms with Gasteiger partial charge in [0.05, 0.1) is 11.6 Å². The predicted molar refractivity (Wildman–Crippen MR) is 66.6 cm³/mol. The molecule has 0 saturated carbocycles. The van der Waals surface area contributed by atoms with Crippen LogP contribution in [0.5, 0.6) is 0 Å². The first-order valence-corrected chi connectivity index (χ1v) is 5.35. The molecule has 0 amide bonds. The van der Waals surface area contributed by atoms with Gasteiger partial charge in [-0.1, -0.05) is 48.1 Å². The van der Waals surface area contributed by atoms with Crippen molar-refractivity contribution in [3.05, 3.63) is 65.3 Å². The van der Waals surface area contributed by atoms with Crippen molar-refractivity contribution in [2.75, 3.05) is 0 Å². The van der Waals surface area contributed by atoms with E-state index in [0.29, 0.717) is 0 Å². The molecule has 1 heteroatoms. The van der Waals surface area contributed by atoms with Crippen LogP contribution < -0.4 is 0 Å². The molecule has 1 aromatic carbocycles. The summed E-state index contributed by atoms with van der Waals surface area (Å²) in [5.41, 5.74) is 4.17. The highest BCUT2D eigenvalue weighted by Crippen LogP contribution is 2.23. The van der Waals surface area contributed by atoms with Crippen molar-refractivity contribution in [2.45, 2.75) is 13.3 Å². The smallest absolute Gasteiger partial charge is 0.0998 e. The number of hydrogen-bond donors (Lipinski definition) is 0. The summed E-state index contributed by atoms with van der Waals surface area (Å²) in [6, 6.07) is 9.93. The van der Waals surface area contributed by atoms with Gasteiger partial charge < -0.3 is 0 Å². The topological polar surface area (TPSA) is 23.8 Å². The molecule has 0 bridgehead atoms. The van der Waals surface area contributed by atoms with Crippen LogP contribution in [0.4, 0.5) is 0 Å². The highest BCUT2D eigenvalue weighted by Gasteiger charge is 2.04. The maximum atomic E-state index is 9.05. The highest BCUT2D eigenvalue weighted by atomic mass is 14.2. The largest absolute Gasteiger partial charge is 0.192 e. The minimum atomic E-state index is 0.728. The molecule has 16 heavy (non-hydrogen) atoms. The van der Waals surface area contributed by atoms with Gasteiger partial charge in [-0.25, -0.2) is 0 Å². The van der Waals surface area contributed by atoms with Gasteiger partial charge in [0.2, 0.25) is 0 Å². The Morgan fingerprint density at radius 2 is 2.00 bits per heavy atom. The molecule has 1 aliphatic carbocycles. The van der Waals surface area contributed by atoms with Crippen LogP contribution in [-0.2, 0) is 0 Å². The number of nitriles is 1. The molecule has 0 spiro atoms. The Bertz CT molecular complexity index is 525. The first-order chi connectivity index (χ1) is 7.81. The molecule has 0 aromatic heterocycles. The summed E-state index contributed by atoms with van der Waals surface area (Å²) in [6.07, 6.45) is 9.40. The lowest BCUT2D eigenvalue weighted by atomic mass is 10.00. The van der Waals surface area contributed by atoms with Gasteiger partial charge in [-0.15, -0.1) is 0 Å². The average Bonchev–Trinajstić information content (AvgIpc) is 2.54. The number of benzene rings is 1. The second-order valence-electron chi connectivity index (χ2n) is 3.90. The van der Waals surface area contributed by atoms with Crippen LogP contribution in [0.2, 0.25) is 0 Å². The lowest BCUT2D eigenvalue weighted by Gasteiger charge is -2.03. The Morgan fingerprint density at radius 1 is 1.19 bits per heavy atom. The van der Waals surface area contributed by atoms with E-state index in [1.165, 1.54) is 5.57 Å². The van der Waals surface area contributed by atoms with Crippen molar-refractivity contribution >= 4 is 5.57 Å². The third-order valence-corrected chi connectivity index (χ3v) is 2.64. The SMILES string of the molecule is CC1=CC=C(c2ccccc2C#N)C=CC1. The Hall–Kier alpha value is -2.07. The fourth-order valence-corrected chi connectivity index (χ4v) is 1.74. The van der Waals surface area contributed by atoms with Gasteiger partial charge in [0.25, 0.3) is 0 Å². The predicted octanol–water partition coefficient (Wildman–Crippen LogP) is 3.85. The van der Waals surface area contributed by atoms with Crippen LogP contribution >= 0.6 is 0 Å². The number of nitrogens with zero attached hydrogens (tertiary/aromatic N) is 1. The third kappa shape index (κ3) is 2.12. The van der Waals surface area contributed by atoms with Crippen molar-refractivity contribution in [2.24, 2.45) is 0 Å². The molecule has 1 aliphatic rings. The molecule has 0 N–H and O–H groups in total. The highest BCUT2D eigenvalue weighted by molar-refractivity contribution is 5.79.